The molecule has 2 aromatic rings. The number of imidazole rings is 1. The quantitative estimate of drug-likeness (QED) is 0.883. The van der Waals surface area contributed by atoms with E-state index in [0.29, 0.717) is 18.0 Å². The van der Waals surface area contributed by atoms with E-state index in [2.05, 4.69) is 4.98 Å². The zero-order valence-electron chi connectivity index (χ0n) is 10.1. The van der Waals surface area contributed by atoms with Crippen LogP contribution in [0.3, 0.4) is 0 Å². The maximum Gasteiger partial charge on any atom is 0.326 e. The lowest BCUT2D eigenvalue weighted by Crippen LogP contribution is -2.25. The van der Waals surface area contributed by atoms with Gasteiger partial charge in [-0.2, -0.15) is 0 Å². The molecule has 5 nitrogen and oxygen atoms in total. The van der Waals surface area contributed by atoms with E-state index < -0.39 is 12.0 Å². The molecule has 94 valence electrons. The minimum Gasteiger partial charge on any atom is -0.480 e. The molecule has 1 aliphatic heterocycles. The van der Waals surface area contributed by atoms with Gasteiger partial charge in [-0.05, 0) is 38.3 Å². The van der Waals surface area contributed by atoms with Gasteiger partial charge in [0.25, 0.3) is 0 Å². The summed E-state index contributed by atoms with van der Waals surface area (Å²) >= 11 is 0. The van der Waals surface area contributed by atoms with Crippen molar-refractivity contribution in [1.29, 1.82) is 0 Å². The predicted octanol–water partition coefficient (Wildman–Crippen LogP) is 2.41. The molecule has 0 aliphatic carbocycles. The van der Waals surface area contributed by atoms with E-state index >= 15 is 0 Å². The molecule has 0 radical (unpaired) electrons. The third-order valence-corrected chi connectivity index (χ3v) is 3.34. The van der Waals surface area contributed by atoms with Crippen LogP contribution in [-0.4, -0.2) is 20.6 Å². The summed E-state index contributed by atoms with van der Waals surface area (Å²) in [7, 11) is 0. The Hall–Kier alpha value is -2.04. The van der Waals surface area contributed by atoms with Crippen LogP contribution in [0.1, 0.15) is 30.3 Å². The maximum atomic E-state index is 11.3. The van der Waals surface area contributed by atoms with Crippen molar-refractivity contribution in [2.24, 2.45) is 0 Å². The fourth-order valence-corrected chi connectivity index (χ4v) is 2.51. The third kappa shape index (κ3) is 1.63. The number of furan rings is 1. The number of hydrogen-bond acceptors (Lipinski definition) is 3. The van der Waals surface area contributed by atoms with Crippen LogP contribution in [0.2, 0.25) is 0 Å². The minimum absolute atomic E-state index is 0.531. The van der Waals surface area contributed by atoms with Crippen LogP contribution in [0.5, 0.6) is 0 Å². The van der Waals surface area contributed by atoms with Crippen LogP contribution in [0.15, 0.2) is 22.7 Å². The van der Waals surface area contributed by atoms with Crippen molar-refractivity contribution >= 4 is 5.97 Å². The fraction of sp³-hybridized carbons (Fsp3) is 0.385. The second-order valence-electron chi connectivity index (χ2n) is 4.60. The Morgan fingerprint density at radius 3 is 3.06 bits per heavy atom. The molecule has 0 saturated carbocycles. The van der Waals surface area contributed by atoms with E-state index in [1.807, 2.05) is 19.1 Å². The van der Waals surface area contributed by atoms with Gasteiger partial charge in [-0.15, -0.1) is 0 Å². The molecule has 0 fully saturated rings. The molecule has 3 heterocycles. The number of carbonyl (C=O) groups is 1. The lowest BCUT2D eigenvalue weighted by atomic mass is 10.0. The van der Waals surface area contributed by atoms with Gasteiger partial charge < -0.3 is 14.1 Å². The van der Waals surface area contributed by atoms with E-state index in [1.54, 1.807) is 10.8 Å². The first-order valence-corrected chi connectivity index (χ1v) is 6.02. The molecule has 0 amide bonds. The summed E-state index contributed by atoms with van der Waals surface area (Å²) in [5.74, 6) is 1.24. The molecule has 1 aliphatic rings. The average molecular weight is 246 g/mol. The van der Waals surface area contributed by atoms with Crippen LogP contribution >= 0.6 is 0 Å². The summed E-state index contributed by atoms with van der Waals surface area (Å²) in [6.07, 6.45) is 4.16. The molecule has 2 aromatic heterocycles. The lowest BCUT2D eigenvalue weighted by molar-refractivity contribution is -0.141. The predicted molar refractivity (Wildman–Crippen MR) is 64.3 cm³/mol. The molecule has 1 N–H and O–H groups in total. The van der Waals surface area contributed by atoms with Gasteiger partial charge in [0, 0.05) is 11.9 Å². The van der Waals surface area contributed by atoms with E-state index in [1.165, 1.54) is 0 Å². The summed E-state index contributed by atoms with van der Waals surface area (Å²) in [4.78, 5) is 15.6. The lowest BCUT2D eigenvalue weighted by Gasteiger charge is -2.23. The SMILES string of the molecule is Cc1ccc(-c2ncc3n2C(C(=O)O)CCC3)o1. The van der Waals surface area contributed by atoms with Crippen LogP contribution in [0.25, 0.3) is 11.6 Å². The van der Waals surface area contributed by atoms with Gasteiger partial charge >= 0.3 is 5.97 Å². The number of nitrogens with zero attached hydrogens (tertiary/aromatic N) is 2. The minimum atomic E-state index is -0.807. The second kappa shape index (κ2) is 4.01. The summed E-state index contributed by atoms with van der Waals surface area (Å²) in [6.45, 7) is 1.86. The number of aromatic nitrogens is 2. The number of rotatable bonds is 2. The Balaban J connectivity index is 2.12. The van der Waals surface area contributed by atoms with Crippen molar-refractivity contribution in [1.82, 2.24) is 9.55 Å². The maximum absolute atomic E-state index is 11.3. The monoisotopic (exact) mass is 246 g/mol. The number of carboxylic acid groups (broad SMARTS) is 1. The largest absolute Gasteiger partial charge is 0.480 e. The first-order chi connectivity index (χ1) is 8.66. The molecular weight excluding hydrogens is 232 g/mol. The molecule has 1 atom stereocenters. The second-order valence-corrected chi connectivity index (χ2v) is 4.60. The van der Waals surface area contributed by atoms with Crippen molar-refractivity contribution in [3.05, 3.63) is 29.8 Å². The number of carboxylic acids is 1. The number of aliphatic carboxylic acids is 1. The standard InChI is InChI=1S/C13H14N2O3/c1-8-5-6-11(18-8)12-14-7-9-3-2-4-10(13(16)17)15(9)12/h5-7,10H,2-4H2,1H3,(H,16,17). The van der Waals surface area contributed by atoms with Gasteiger partial charge in [0.2, 0.25) is 0 Å². The molecule has 0 saturated heterocycles. The van der Waals surface area contributed by atoms with Crippen molar-refractivity contribution in [3.63, 3.8) is 0 Å². The van der Waals surface area contributed by atoms with Gasteiger partial charge in [0.05, 0.1) is 0 Å². The fourth-order valence-electron chi connectivity index (χ4n) is 2.51. The van der Waals surface area contributed by atoms with E-state index in [0.717, 1.165) is 24.3 Å². The molecule has 3 rings (SSSR count). The molecular formula is C13H14N2O3. The Bertz CT molecular complexity index is 597. The zero-order chi connectivity index (χ0) is 12.7. The topological polar surface area (TPSA) is 68.3 Å². The van der Waals surface area contributed by atoms with Crippen LogP contribution in [-0.2, 0) is 11.2 Å². The molecule has 1 unspecified atom stereocenters. The highest BCUT2D eigenvalue weighted by molar-refractivity contribution is 5.73. The molecule has 5 heteroatoms. The van der Waals surface area contributed by atoms with Gasteiger partial charge in [-0.3, -0.25) is 0 Å². The van der Waals surface area contributed by atoms with Gasteiger partial charge in [0.15, 0.2) is 11.6 Å². The van der Waals surface area contributed by atoms with Crippen molar-refractivity contribution in [2.45, 2.75) is 32.2 Å². The summed E-state index contributed by atoms with van der Waals surface area (Å²) in [5.41, 5.74) is 0.970. The number of aryl methyl sites for hydroxylation is 2. The van der Waals surface area contributed by atoms with Crippen molar-refractivity contribution in [2.75, 3.05) is 0 Å². The first kappa shape index (κ1) is 11.1. The Morgan fingerprint density at radius 1 is 1.56 bits per heavy atom. The number of hydrogen-bond donors (Lipinski definition) is 1. The van der Waals surface area contributed by atoms with E-state index in [9.17, 15) is 9.90 Å². The molecule has 0 bridgehead atoms. The van der Waals surface area contributed by atoms with Gasteiger partial charge in [0.1, 0.15) is 11.8 Å². The molecule has 0 spiro atoms. The Morgan fingerprint density at radius 2 is 2.39 bits per heavy atom. The van der Waals surface area contributed by atoms with Crippen LogP contribution < -0.4 is 0 Å². The normalized spacial score (nSPS) is 18.6. The Kier molecular flexibility index (Phi) is 2.47. The van der Waals surface area contributed by atoms with E-state index in [-0.39, 0.29) is 0 Å². The van der Waals surface area contributed by atoms with Crippen molar-refractivity contribution < 1.29 is 14.3 Å². The molecule has 0 aromatic carbocycles. The average Bonchev–Trinajstić information content (AvgIpc) is 2.94. The highest BCUT2D eigenvalue weighted by Crippen LogP contribution is 2.32. The first-order valence-electron chi connectivity index (χ1n) is 6.02. The summed E-state index contributed by atoms with van der Waals surface area (Å²) < 4.78 is 7.34. The van der Waals surface area contributed by atoms with E-state index in [4.69, 9.17) is 4.42 Å². The number of fused-ring (bicyclic) bond motifs is 1. The summed E-state index contributed by atoms with van der Waals surface area (Å²) in [5, 5.41) is 9.30. The summed E-state index contributed by atoms with van der Waals surface area (Å²) in [6, 6.07) is 3.16. The van der Waals surface area contributed by atoms with Gasteiger partial charge in [-0.25, -0.2) is 9.78 Å². The van der Waals surface area contributed by atoms with Gasteiger partial charge in [-0.1, -0.05) is 0 Å². The van der Waals surface area contributed by atoms with Crippen molar-refractivity contribution in [3.8, 4) is 11.6 Å². The zero-order valence-corrected chi connectivity index (χ0v) is 10.1. The van der Waals surface area contributed by atoms with Crippen LogP contribution in [0, 0.1) is 6.92 Å². The smallest absolute Gasteiger partial charge is 0.326 e. The molecule has 18 heavy (non-hydrogen) atoms. The Labute approximate surface area is 104 Å². The van der Waals surface area contributed by atoms with Crippen LogP contribution in [0.4, 0.5) is 0 Å². The highest BCUT2D eigenvalue weighted by atomic mass is 16.4. The highest BCUT2D eigenvalue weighted by Gasteiger charge is 2.29. The third-order valence-electron chi connectivity index (χ3n) is 3.34.